The van der Waals surface area contributed by atoms with Crippen molar-refractivity contribution in [2.45, 2.75) is 13.3 Å². The molecule has 2 amide bonds. The summed E-state index contributed by atoms with van der Waals surface area (Å²) in [6, 6.07) is 18.8. The smallest absolute Gasteiger partial charge is 0.353 e. The molecule has 9 heteroatoms. The molecule has 0 aliphatic rings. The number of carbonyl (C=O) groups is 3. The van der Waals surface area contributed by atoms with Crippen LogP contribution in [0.25, 0.3) is 0 Å². The van der Waals surface area contributed by atoms with Crippen LogP contribution in [0, 0.1) is 11.3 Å². The summed E-state index contributed by atoms with van der Waals surface area (Å²) in [7, 11) is 0. The summed E-state index contributed by atoms with van der Waals surface area (Å²) in [6.45, 7) is 1.61. The molecular formula is C23H18N4O4S. The minimum Gasteiger partial charge on any atom is -0.422 e. The van der Waals surface area contributed by atoms with Crippen molar-refractivity contribution in [2.24, 2.45) is 5.10 Å². The maximum atomic E-state index is 12.2. The monoisotopic (exact) mass is 446 g/mol. The number of amides is 2. The number of rotatable bonds is 6. The van der Waals surface area contributed by atoms with Crippen molar-refractivity contribution in [3.63, 3.8) is 0 Å². The number of carbonyl (C=O) groups excluding carboxylic acids is 3. The number of benzene rings is 2. The zero-order valence-electron chi connectivity index (χ0n) is 17.0. The van der Waals surface area contributed by atoms with Gasteiger partial charge in [0.25, 0.3) is 0 Å². The van der Waals surface area contributed by atoms with Gasteiger partial charge in [0.15, 0.2) is 0 Å². The minimum absolute atomic E-state index is 0.257. The lowest BCUT2D eigenvalue weighted by molar-refractivity contribution is -0.136. The molecule has 0 aliphatic carbocycles. The van der Waals surface area contributed by atoms with Gasteiger partial charge in [-0.05, 0) is 48.2 Å². The number of nitriles is 1. The molecule has 0 radical (unpaired) electrons. The number of thiophene rings is 1. The van der Waals surface area contributed by atoms with Crippen LogP contribution in [-0.2, 0) is 16.0 Å². The number of esters is 1. The van der Waals surface area contributed by atoms with Crippen molar-refractivity contribution in [3.8, 4) is 11.8 Å². The highest BCUT2D eigenvalue weighted by Gasteiger charge is 2.16. The molecule has 1 heterocycles. The van der Waals surface area contributed by atoms with Crippen LogP contribution >= 0.6 is 11.3 Å². The molecule has 0 spiro atoms. The second kappa shape index (κ2) is 10.7. The van der Waals surface area contributed by atoms with Crippen molar-refractivity contribution in [2.75, 3.05) is 5.32 Å². The van der Waals surface area contributed by atoms with Gasteiger partial charge in [0.05, 0.1) is 18.2 Å². The Bertz CT molecular complexity index is 1200. The summed E-state index contributed by atoms with van der Waals surface area (Å²) in [6.07, 6.45) is 0.257. The maximum absolute atomic E-state index is 12.2. The van der Waals surface area contributed by atoms with Gasteiger partial charge in [0, 0.05) is 11.3 Å². The van der Waals surface area contributed by atoms with E-state index in [2.05, 4.69) is 15.8 Å². The molecule has 0 saturated heterocycles. The number of hydrogen-bond acceptors (Lipinski definition) is 7. The molecule has 2 N–H and O–H groups in total. The predicted octanol–water partition coefficient (Wildman–Crippen LogP) is 3.51. The number of anilines is 1. The quantitative estimate of drug-likeness (QED) is 0.197. The fraction of sp³-hybridized carbons (Fsp3) is 0.0870. The van der Waals surface area contributed by atoms with Crippen molar-refractivity contribution >= 4 is 40.5 Å². The van der Waals surface area contributed by atoms with E-state index in [1.54, 1.807) is 73.0 Å². The molecular weight excluding hydrogens is 428 g/mol. The number of nitrogens with one attached hydrogen (secondary N) is 2. The second-order valence-corrected chi connectivity index (χ2v) is 7.43. The van der Waals surface area contributed by atoms with Gasteiger partial charge in [-0.25, -0.2) is 10.2 Å². The molecule has 0 fully saturated rings. The number of hydrogen-bond donors (Lipinski definition) is 2. The molecule has 3 aromatic rings. The summed E-state index contributed by atoms with van der Waals surface area (Å²) >= 11 is 1.27. The Kier molecular flexibility index (Phi) is 7.46. The molecule has 3 rings (SSSR count). The lowest BCUT2D eigenvalue weighted by Crippen LogP contribution is -2.33. The van der Waals surface area contributed by atoms with Crippen molar-refractivity contribution in [1.29, 1.82) is 5.26 Å². The number of ether oxygens (including phenoxy) is 1. The van der Waals surface area contributed by atoms with Gasteiger partial charge in [0.2, 0.25) is 0 Å². The third kappa shape index (κ3) is 5.87. The van der Waals surface area contributed by atoms with Crippen LogP contribution in [0.15, 0.2) is 71.1 Å². The first-order valence-corrected chi connectivity index (χ1v) is 10.3. The fourth-order valence-corrected chi connectivity index (χ4v) is 3.23. The van der Waals surface area contributed by atoms with Crippen LogP contribution in [0.5, 0.6) is 5.75 Å². The second-order valence-electron chi connectivity index (χ2n) is 6.49. The summed E-state index contributed by atoms with van der Waals surface area (Å²) in [4.78, 5) is 36.9. The Hall–Kier alpha value is -4.29. The largest absolute Gasteiger partial charge is 0.422 e. The average molecular weight is 446 g/mol. The maximum Gasteiger partial charge on any atom is 0.353 e. The number of hydrazone groups is 1. The van der Waals surface area contributed by atoms with E-state index in [-0.39, 0.29) is 12.2 Å². The summed E-state index contributed by atoms with van der Waals surface area (Å²) < 4.78 is 5.45. The number of para-hydroxylation sites is 1. The van der Waals surface area contributed by atoms with Gasteiger partial charge < -0.3 is 10.1 Å². The van der Waals surface area contributed by atoms with Crippen LogP contribution in [0.1, 0.15) is 27.7 Å². The van der Waals surface area contributed by atoms with E-state index >= 15 is 0 Å². The Morgan fingerprint density at radius 1 is 1.03 bits per heavy atom. The highest BCUT2D eigenvalue weighted by atomic mass is 32.1. The first kappa shape index (κ1) is 22.4. The molecule has 0 atom stereocenters. The summed E-state index contributed by atoms with van der Waals surface area (Å²) in [5, 5.41) is 16.9. The minimum atomic E-state index is -0.960. The van der Waals surface area contributed by atoms with E-state index in [1.807, 2.05) is 6.07 Å². The van der Waals surface area contributed by atoms with Crippen LogP contribution in [0.4, 0.5) is 5.69 Å². The van der Waals surface area contributed by atoms with Gasteiger partial charge in [0.1, 0.15) is 10.6 Å². The third-order valence-corrected chi connectivity index (χ3v) is 5.08. The molecule has 0 aliphatic heterocycles. The molecule has 8 nitrogen and oxygen atoms in total. The first-order chi connectivity index (χ1) is 15.5. The van der Waals surface area contributed by atoms with Gasteiger partial charge >= 0.3 is 17.8 Å². The molecule has 0 saturated carbocycles. The topological polar surface area (TPSA) is 121 Å². The van der Waals surface area contributed by atoms with E-state index in [1.165, 1.54) is 11.3 Å². The lowest BCUT2D eigenvalue weighted by atomic mass is 10.1. The van der Waals surface area contributed by atoms with Crippen LogP contribution in [-0.4, -0.2) is 23.5 Å². The molecule has 1 aromatic heterocycles. The van der Waals surface area contributed by atoms with Gasteiger partial charge in [-0.1, -0.05) is 30.3 Å². The molecule has 32 heavy (non-hydrogen) atoms. The Balaban J connectivity index is 1.63. The predicted molar refractivity (Wildman–Crippen MR) is 120 cm³/mol. The first-order valence-electron chi connectivity index (χ1n) is 9.44. The fourth-order valence-electron chi connectivity index (χ4n) is 2.63. The van der Waals surface area contributed by atoms with E-state index in [0.29, 0.717) is 21.8 Å². The SMILES string of the molecule is CC(=NNC(=O)C(=O)Nc1ccc(CC#N)cc1)c1ccccc1OC(=O)c1cccs1. The number of nitrogens with zero attached hydrogens (tertiary/aromatic N) is 2. The average Bonchev–Trinajstić information content (AvgIpc) is 3.34. The van der Waals surface area contributed by atoms with Crippen molar-refractivity contribution < 1.29 is 19.1 Å². The molecule has 160 valence electrons. The Morgan fingerprint density at radius 3 is 2.47 bits per heavy atom. The van der Waals surface area contributed by atoms with Gasteiger partial charge in [-0.3, -0.25) is 9.59 Å². The van der Waals surface area contributed by atoms with Gasteiger partial charge in [-0.15, -0.1) is 11.3 Å². The van der Waals surface area contributed by atoms with Crippen LogP contribution in [0.2, 0.25) is 0 Å². The summed E-state index contributed by atoms with van der Waals surface area (Å²) in [5.41, 5.74) is 4.25. The standard InChI is InChI=1S/C23H18N4O4S/c1-15(18-5-2-3-6-19(18)31-23(30)20-7-4-14-32-20)26-27-22(29)21(28)25-17-10-8-16(9-11-17)12-13-24/h2-11,14H,12H2,1H3,(H,25,28)(H,27,29). The van der Waals surface area contributed by atoms with Crippen molar-refractivity contribution in [3.05, 3.63) is 82.0 Å². The normalized spacial score (nSPS) is 10.7. The van der Waals surface area contributed by atoms with Gasteiger partial charge in [-0.2, -0.15) is 10.4 Å². The van der Waals surface area contributed by atoms with E-state index < -0.39 is 17.8 Å². The zero-order valence-corrected chi connectivity index (χ0v) is 17.8. The third-order valence-electron chi connectivity index (χ3n) is 4.23. The molecule has 0 unspecified atom stereocenters. The van der Waals surface area contributed by atoms with Crippen molar-refractivity contribution in [1.82, 2.24) is 5.43 Å². The Morgan fingerprint density at radius 2 is 1.78 bits per heavy atom. The molecule has 2 aromatic carbocycles. The zero-order chi connectivity index (χ0) is 22.9. The van der Waals surface area contributed by atoms with Crippen LogP contribution < -0.4 is 15.5 Å². The van der Waals surface area contributed by atoms with E-state index in [4.69, 9.17) is 10.00 Å². The van der Waals surface area contributed by atoms with E-state index in [9.17, 15) is 14.4 Å². The lowest BCUT2D eigenvalue weighted by Gasteiger charge is -2.09. The summed E-state index contributed by atoms with van der Waals surface area (Å²) in [5.74, 6) is -2.07. The highest BCUT2D eigenvalue weighted by Crippen LogP contribution is 2.21. The van der Waals surface area contributed by atoms with Crippen LogP contribution in [0.3, 0.4) is 0 Å². The Labute approximate surface area is 188 Å². The molecule has 0 bridgehead atoms. The van der Waals surface area contributed by atoms with E-state index in [0.717, 1.165) is 5.56 Å². The highest BCUT2D eigenvalue weighted by molar-refractivity contribution is 7.12.